The predicted molar refractivity (Wildman–Crippen MR) is 208 cm³/mol. The number of furan rings is 1. The van der Waals surface area contributed by atoms with Gasteiger partial charge in [-0.15, -0.1) is 0 Å². The van der Waals surface area contributed by atoms with Crippen molar-refractivity contribution in [2.24, 2.45) is 0 Å². The van der Waals surface area contributed by atoms with E-state index in [1.807, 2.05) is 0 Å². The third kappa shape index (κ3) is 4.40. The van der Waals surface area contributed by atoms with Crippen LogP contribution in [0.1, 0.15) is 0 Å². The van der Waals surface area contributed by atoms with E-state index in [1.54, 1.807) is 0 Å². The zero-order valence-corrected chi connectivity index (χ0v) is 26.7. The van der Waals surface area contributed by atoms with Crippen molar-refractivity contribution in [3.05, 3.63) is 182 Å². The van der Waals surface area contributed by atoms with Crippen LogP contribution in [-0.2, 0) is 0 Å². The van der Waals surface area contributed by atoms with Gasteiger partial charge in [-0.2, -0.15) is 0 Å². The molecular formula is C48H30O. The van der Waals surface area contributed by atoms with Crippen LogP contribution in [0, 0.1) is 0 Å². The first kappa shape index (κ1) is 27.7. The number of hydrogen-bond donors (Lipinski definition) is 0. The molecule has 0 saturated carbocycles. The van der Waals surface area contributed by atoms with Gasteiger partial charge in [0.05, 0.1) is 0 Å². The molecule has 1 nitrogen and oxygen atoms in total. The van der Waals surface area contributed by atoms with Crippen LogP contribution in [-0.4, -0.2) is 0 Å². The molecule has 0 unspecified atom stereocenters. The normalized spacial score (nSPS) is 11.7. The molecule has 0 amide bonds. The summed E-state index contributed by atoms with van der Waals surface area (Å²) >= 11 is 0. The summed E-state index contributed by atoms with van der Waals surface area (Å²) in [4.78, 5) is 0. The standard InChI is InChI=1S/C48H30O/c1-3-14-31(15-4-1)33-26-27-41-45(30-33)49-44-25-13-24-42(48(41)44)46-37-20-9-11-22-39(37)47(40-23-12-10-21-38(40)46)43-29-35(32-16-5-2-6-17-32)28-34-18-7-8-19-36(34)43/h1-30H. The third-order valence-corrected chi connectivity index (χ3v) is 10.0. The van der Waals surface area contributed by atoms with E-state index < -0.39 is 0 Å². The minimum absolute atomic E-state index is 0.900. The molecule has 0 bridgehead atoms. The quantitative estimate of drug-likeness (QED) is 0.178. The molecule has 0 aliphatic rings. The summed E-state index contributed by atoms with van der Waals surface area (Å²) in [6, 6.07) is 65.7. The Labute approximate surface area is 284 Å². The van der Waals surface area contributed by atoms with Gasteiger partial charge < -0.3 is 4.42 Å². The van der Waals surface area contributed by atoms with Gasteiger partial charge >= 0.3 is 0 Å². The van der Waals surface area contributed by atoms with Gasteiger partial charge in [0.2, 0.25) is 0 Å². The van der Waals surface area contributed by atoms with Gasteiger partial charge in [0.1, 0.15) is 11.2 Å². The summed E-state index contributed by atoms with van der Waals surface area (Å²) in [6.07, 6.45) is 0. The number of fused-ring (bicyclic) bond motifs is 6. The minimum atomic E-state index is 0.900. The number of hydrogen-bond acceptors (Lipinski definition) is 1. The van der Waals surface area contributed by atoms with Gasteiger partial charge in [0.25, 0.3) is 0 Å². The molecule has 228 valence electrons. The molecule has 10 rings (SSSR count). The van der Waals surface area contributed by atoms with E-state index in [0.29, 0.717) is 0 Å². The molecule has 9 aromatic carbocycles. The van der Waals surface area contributed by atoms with Gasteiger partial charge in [-0.25, -0.2) is 0 Å². The van der Waals surface area contributed by atoms with E-state index in [0.717, 1.165) is 27.5 Å². The SMILES string of the molecule is c1ccc(-c2cc(-c3c4ccccc4c(-c4cccc5oc6cc(-c7ccccc7)ccc6c45)c4ccccc34)c3ccccc3c2)cc1. The molecule has 0 N–H and O–H groups in total. The maximum atomic E-state index is 6.60. The van der Waals surface area contributed by atoms with Crippen molar-refractivity contribution in [3.63, 3.8) is 0 Å². The first-order chi connectivity index (χ1) is 24.3. The van der Waals surface area contributed by atoms with Gasteiger partial charge in [-0.3, -0.25) is 0 Å². The van der Waals surface area contributed by atoms with Crippen LogP contribution in [0.4, 0.5) is 0 Å². The van der Waals surface area contributed by atoms with Crippen LogP contribution < -0.4 is 0 Å². The molecule has 49 heavy (non-hydrogen) atoms. The summed E-state index contributed by atoms with van der Waals surface area (Å²) in [7, 11) is 0. The summed E-state index contributed by atoms with van der Waals surface area (Å²) in [5.74, 6) is 0. The van der Waals surface area contributed by atoms with E-state index in [1.165, 1.54) is 71.3 Å². The molecular weight excluding hydrogens is 593 g/mol. The topological polar surface area (TPSA) is 13.1 Å². The molecule has 0 aliphatic heterocycles. The fourth-order valence-corrected chi connectivity index (χ4v) is 7.87. The van der Waals surface area contributed by atoms with Crippen molar-refractivity contribution in [1.82, 2.24) is 0 Å². The molecule has 10 aromatic rings. The highest BCUT2D eigenvalue weighted by Crippen LogP contribution is 2.48. The summed E-state index contributed by atoms with van der Waals surface area (Å²) in [5, 5.41) is 9.70. The Kier molecular flexibility index (Phi) is 6.25. The van der Waals surface area contributed by atoms with Gasteiger partial charge in [-0.05, 0) is 107 Å². The maximum absolute atomic E-state index is 6.60. The van der Waals surface area contributed by atoms with E-state index in [9.17, 15) is 0 Å². The summed E-state index contributed by atoms with van der Waals surface area (Å²) < 4.78 is 6.60. The Balaban J connectivity index is 1.29. The Morgan fingerprint density at radius 1 is 0.286 bits per heavy atom. The van der Waals surface area contributed by atoms with E-state index >= 15 is 0 Å². The zero-order chi connectivity index (χ0) is 32.3. The molecule has 0 spiro atoms. The van der Waals surface area contributed by atoms with Gasteiger partial charge in [-0.1, -0.05) is 152 Å². The second-order valence-electron chi connectivity index (χ2n) is 12.8. The van der Waals surface area contributed by atoms with Gasteiger partial charge in [0, 0.05) is 10.8 Å². The lowest BCUT2D eigenvalue weighted by Gasteiger charge is -2.20. The first-order valence-electron chi connectivity index (χ1n) is 16.8. The van der Waals surface area contributed by atoms with E-state index in [2.05, 4.69) is 182 Å². The van der Waals surface area contributed by atoms with Crippen LogP contribution in [0.25, 0.3) is 98.8 Å². The van der Waals surface area contributed by atoms with Crippen LogP contribution in [0.5, 0.6) is 0 Å². The lowest BCUT2D eigenvalue weighted by atomic mass is 9.83. The maximum Gasteiger partial charge on any atom is 0.136 e. The van der Waals surface area contributed by atoms with E-state index in [-0.39, 0.29) is 0 Å². The number of benzene rings is 9. The lowest BCUT2D eigenvalue weighted by Crippen LogP contribution is -1.93. The largest absolute Gasteiger partial charge is 0.456 e. The lowest BCUT2D eigenvalue weighted by molar-refractivity contribution is 0.669. The van der Waals surface area contributed by atoms with Crippen molar-refractivity contribution in [3.8, 4) is 44.5 Å². The highest BCUT2D eigenvalue weighted by atomic mass is 16.3. The molecule has 0 atom stereocenters. The van der Waals surface area contributed by atoms with E-state index in [4.69, 9.17) is 4.42 Å². The second kappa shape index (κ2) is 11.1. The third-order valence-electron chi connectivity index (χ3n) is 10.0. The molecule has 0 aliphatic carbocycles. The first-order valence-corrected chi connectivity index (χ1v) is 16.8. The summed E-state index contributed by atoms with van der Waals surface area (Å²) in [6.45, 7) is 0. The summed E-state index contributed by atoms with van der Waals surface area (Å²) in [5.41, 5.74) is 11.5. The van der Waals surface area contributed by atoms with Gasteiger partial charge in [0.15, 0.2) is 0 Å². The van der Waals surface area contributed by atoms with Crippen LogP contribution >= 0.6 is 0 Å². The minimum Gasteiger partial charge on any atom is -0.456 e. The van der Waals surface area contributed by atoms with Crippen molar-refractivity contribution in [1.29, 1.82) is 0 Å². The average Bonchev–Trinajstić information content (AvgIpc) is 3.56. The molecule has 1 heterocycles. The van der Waals surface area contributed by atoms with Crippen molar-refractivity contribution < 1.29 is 4.42 Å². The average molecular weight is 623 g/mol. The number of rotatable bonds is 4. The van der Waals surface area contributed by atoms with Crippen molar-refractivity contribution in [2.75, 3.05) is 0 Å². The van der Waals surface area contributed by atoms with Crippen LogP contribution in [0.15, 0.2) is 186 Å². The van der Waals surface area contributed by atoms with Crippen LogP contribution in [0.2, 0.25) is 0 Å². The molecule has 0 saturated heterocycles. The van der Waals surface area contributed by atoms with Crippen LogP contribution in [0.3, 0.4) is 0 Å². The highest BCUT2D eigenvalue weighted by molar-refractivity contribution is 6.27. The van der Waals surface area contributed by atoms with Crippen molar-refractivity contribution in [2.45, 2.75) is 0 Å². The van der Waals surface area contributed by atoms with Crippen molar-refractivity contribution >= 4 is 54.3 Å². The molecule has 0 fully saturated rings. The fraction of sp³-hybridized carbons (Fsp3) is 0. The Bertz CT molecular complexity index is 2800. The molecule has 1 aromatic heterocycles. The Morgan fingerprint density at radius 3 is 1.49 bits per heavy atom. The molecule has 0 radical (unpaired) electrons. The zero-order valence-electron chi connectivity index (χ0n) is 26.7. The Morgan fingerprint density at radius 2 is 0.837 bits per heavy atom. The predicted octanol–water partition coefficient (Wildman–Crippen LogP) is 13.7. The smallest absolute Gasteiger partial charge is 0.136 e. The monoisotopic (exact) mass is 622 g/mol. The highest BCUT2D eigenvalue weighted by Gasteiger charge is 2.21. The molecule has 1 heteroatoms. The second-order valence-corrected chi connectivity index (χ2v) is 12.8. The fourth-order valence-electron chi connectivity index (χ4n) is 7.87. The Hall–Kier alpha value is -6.44.